The fourth-order valence-electron chi connectivity index (χ4n) is 1.88. The highest BCUT2D eigenvalue weighted by atomic mass is 19.1. The van der Waals surface area contributed by atoms with Gasteiger partial charge in [-0.15, -0.1) is 0 Å². The van der Waals surface area contributed by atoms with E-state index in [1.807, 2.05) is 12.1 Å². The molecule has 1 N–H and O–H groups in total. The molecule has 1 unspecified atom stereocenters. The molecule has 3 nitrogen and oxygen atoms in total. The van der Waals surface area contributed by atoms with Gasteiger partial charge >= 0.3 is 0 Å². The fraction of sp³-hybridized carbons (Fsp3) is 0.125. The first-order valence-electron chi connectivity index (χ1n) is 6.13. The van der Waals surface area contributed by atoms with Gasteiger partial charge in [0.2, 0.25) is 0 Å². The summed E-state index contributed by atoms with van der Waals surface area (Å²) in [5, 5.41) is 11.8. The molecule has 0 saturated heterocycles. The highest BCUT2D eigenvalue weighted by Crippen LogP contribution is 2.15. The molecule has 2 aromatic rings. The van der Waals surface area contributed by atoms with Gasteiger partial charge in [0, 0.05) is 5.56 Å². The summed E-state index contributed by atoms with van der Waals surface area (Å²) in [7, 11) is 0. The summed E-state index contributed by atoms with van der Waals surface area (Å²) in [5.74, 6) is -0.939. The van der Waals surface area contributed by atoms with Gasteiger partial charge < -0.3 is 5.32 Å². The number of carbonyl (C=O) groups excluding carboxylic acids is 1. The number of carbonyl (C=O) groups is 1. The second-order valence-corrected chi connectivity index (χ2v) is 4.41. The van der Waals surface area contributed by atoms with Crippen molar-refractivity contribution in [1.29, 1.82) is 5.26 Å². The molecular formula is C16H13FN2O. The third kappa shape index (κ3) is 3.01. The van der Waals surface area contributed by atoms with E-state index < -0.39 is 17.8 Å². The lowest BCUT2D eigenvalue weighted by Gasteiger charge is -2.13. The van der Waals surface area contributed by atoms with Crippen molar-refractivity contribution in [3.63, 3.8) is 0 Å². The number of benzene rings is 2. The standard InChI is InChI=1S/C16H13FN2O/c1-11-7-8-13(17)9-14(11)16(20)19-15(10-18)12-5-3-2-4-6-12/h2-9,15H,1H3,(H,19,20). The Labute approximate surface area is 116 Å². The van der Waals surface area contributed by atoms with Gasteiger partial charge in [0.15, 0.2) is 0 Å². The van der Waals surface area contributed by atoms with Crippen molar-refractivity contribution in [2.45, 2.75) is 13.0 Å². The molecule has 1 amide bonds. The molecule has 20 heavy (non-hydrogen) atoms. The second kappa shape index (κ2) is 5.98. The minimum atomic E-state index is -0.758. The van der Waals surface area contributed by atoms with Crippen molar-refractivity contribution < 1.29 is 9.18 Å². The molecule has 0 saturated carbocycles. The first kappa shape index (κ1) is 13.8. The number of nitrogens with one attached hydrogen (secondary N) is 1. The number of hydrogen-bond acceptors (Lipinski definition) is 2. The molecule has 4 heteroatoms. The number of amides is 1. The molecule has 0 fully saturated rings. The molecule has 0 heterocycles. The van der Waals surface area contributed by atoms with Gasteiger partial charge in [-0.3, -0.25) is 4.79 Å². The Kier molecular flexibility index (Phi) is 4.11. The predicted molar refractivity (Wildman–Crippen MR) is 73.4 cm³/mol. The van der Waals surface area contributed by atoms with Gasteiger partial charge in [-0.2, -0.15) is 5.26 Å². The van der Waals surface area contributed by atoms with Crippen LogP contribution in [0.2, 0.25) is 0 Å². The summed E-state index contributed by atoms with van der Waals surface area (Å²) >= 11 is 0. The van der Waals surface area contributed by atoms with Gasteiger partial charge in [-0.1, -0.05) is 36.4 Å². The van der Waals surface area contributed by atoms with E-state index in [2.05, 4.69) is 5.32 Å². The van der Waals surface area contributed by atoms with Crippen LogP contribution in [0.5, 0.6) is 0 Å². The number of nitrogens with zero attached hydrogens (tertiary/aromatic N) is 1. The Morgan fingerprint density at radius 3 is 2.60 bits per heavy atom. The number of nitriles is 1. The Morgan fingerprint density at radius 2 is 1.95 bits per heavy atom. The molecule has 0 aliphatic rings. The third-order valence-electron chi connectivity index (χ3n) is 2.98. The van der Waals surface area contributed by atoms with Crippen LogP contribution in [0.25, 0.3) is 0 Å². The lowest BCUT2D eigenvalue weighted by molar-refractivity contribution is 0.0944. The van der Waals surface area contributed by atoms with E-state index in [9.17, 15) is 9.18 Å². The lowest BCUT2D eigenvalue weighted by Crippen LogP contribution is -2.28. The zero-order chi connectivity index (χ0) is 14.5. The first-order valence-corrected chi connectivity index (χ1v) is 6.13. The predicted octanol–water partition coefficient (Wildman–Crippen LogP) is 3.13. The number of aryl methyl sites for hydroxylation is 1. The molecule has 1 atom stereocenters. The van der Waals surface area contributed by atoms with Gasteiger partial charge in [-0.05, 0) is 30.2 Å². The van der Waals surface area contributed by atoms with Crippen molar-refractivity contribution >= 4 is 5.91 Å². The van der Waals surface area contributed by atoms with Gasteiger partial charge in [0.25, 0.3) is 5.91 Å². The Hall–Kier alpha value is -2.67. The Bertz CT molecular complexity index is 662. The molecule has 100 valence electrons. The average Bonchev–Trinajstić information content (AvgIpc) is 2.48. The van der Waals surface area contributed by atoms with E-state index in [4.69, 9.17) is 5.26 Å². The van der Waals surface area contributed by atoms with Crippen LogP contribution in [-0.4, -0.2) is 5.91 Å². The van der Waals surface area contributed by atoms with Crippen molar-refractivity contribution in [2.75, 3.05) is 0 Å². The van der Waals surface area contributed by atoms with E-state index in [0.29, 0.717) is 11.1 Å². The third-order valence-corrected chi connectivity index (χ3v) is 2.98. The summed E-state index contributed by atoms with van der Waals surface area (Å²) in [4.78, 5) is 12.1. The summed E-state index contributed by atoms with van der Waals surface area (Å²) in [6.07, 6.45) is 0. The van der Waals surface area contributed by atoms with Crippen LogP contribution in [-0.2, 0) is 0 Å². The molecule has 0 aliphatic carbocycles. The highest BCUT2D eigenvalue weighted by molar-refractivity contribution is 5.96. The van der Waals surface area contributed by atoms with Gasteiger partial charge in [-0.25, -0.2) is 4.39 Å². The molecule has 0 spiro atoms. The average molecular weight is 268 g/mol. The SMILES string of the molecule is Cc1ccc(F)cc1C(=O)NC(C#N)c1ccccc1. The minimum absolute atomic E-state index is 0.237. The normalized spacial score (nSPS) is 11.4. The second-order valence-electron chi connectivity index (χ2n) is 4.41. The van der Waals surface area contributed by atoms with Gasteiger partial charge in [0.1, 0.15) is 11.9 Å². The zero-order valence-electron chi connectivity index (χ0n) is 10.9. The summed E-state index contributed by atoms with van der Waals surface area (Å²) in [6.45, 7) is 1.72. The van der Waals surface area contributed by atoms with Crippen LogP contribution in [0.4, 0.5) is 4.39 Å². The molecule has 0 aromatic heterocycles. The summed E-state index contributed by atoms with van der Waals surface area (Å²) < 4.78 is 13.2. The number of hydrogen-bond donors (Lipinski definition) is 1. The summed E-state index contributed by atoms with van der Waals surface area (Å²) in [5.41, 5.74) is 1.59. The molecule has 0 aliphatic heterocycles. The zero-order valence-corrected chi connectivity index (χ0v) is 10.9. The van der Waals surface area contributed by atoms with E-state index in [1.165, 1.54) is 18.2 Å². The monoisotopic (exact) mass is 268 g/mol. The van der Waals surface area contributed by atoms with Crippen LogP contribution in [0.15, 0.2) is 48.5 Å². The van der Waals surface area contributed by atoms with E-state index in [0.717, 1.165) is 0 Å². The first-order chi connectivity index (χ1) is 9.61. The Balaban J connectivity index is 2.22. The van der Waals surface area contributed by atoms with Gasteiger partial charge in [0.05, 0.1) is 6.07 Å². The summed E-state index contributed by atoms with van der Waals surface area (Å²) in [6, 6.07) is 14.2. The van der Waals surface area contributed by atoms with Crippen LogP contribution in [0.1, 0.15) is 27.5 Å². The van der Waals surface area contributed by atoms with Crippen LogP contribution >= 0.6 is 0 Å². The maximum atomic E-state index is 13.2. The number of rotatable bonds is 3. The van der Waals surface area contributed by atoms with Crippen LogP contribution in [0.3, 0.4) is 0 Å². The Morgan fingerprint density at radius 1 is 1.25 bits per heavy atom. The number of halogens is 1. The lowest BCUT2D eigenvalue weighted by atomic mass is 10.1. The van der Waals surface area contributed by atoms with E-state index in [-0.39, 0.29) is 5.56 Å². The maximum absolute atomic E-state index is 13.2. The minimum Gasteiger partial charge on any atom is -0.332 e. The van der Waals surface area contributed by atoms with Crippen LogP contribution < -0.4 is 5.32 Å². The van der Waals surface area contributed by atoms with Crippen molar-refractivity contribution in [3.8, 4) is 6.07 Å². The molecule has 2 aromatic carbocycles. The van der Waals surface area contributed by atoms with Crippen molar-refractivity contribution in [2.24, 2.45) is 0 Å². The topological polar surface area (TPSA) is 52.9 Å². The highest BCUT2D eigenvalue weighted by Gasteiger charge is 2.16. The van der Waals surface area contributed by atoms with E-state index in [1.54, 1.807) is 31.2 Å². The molecule has 2 rings (SSSR count). The molecular weight excluding hydrogens is 255 g/mol. The van der Waals surface area contributed by atoms with Crippen molar-refractivity contribution in [1.82, 2.24) is 5.32 Å². The van der Waals surface area contributed by atoms with Crippen molar-refractivity contribution in [3.05, 3.63) is 71.0 Å². The van der Waals surface area contributed by atoms with E-state index >= 15 is 0 Å². The smallest absolute Gasteiger partial charge is 0.252 e. The largest absolute Gasteiger partial charge is 0.332 e. The fourth-order valence-corrected chi connectivity index (χ4v) is 1.88. The molecule has 0 radical (unpaired) electrons. The molecule has 0 bridgehead atoms. The van der Waals surface area contributed by atoms with Crippen LogP contribution in [0, 0.1) is 24.1 Å². The maximum Gasteiger partial charge on any atom is 0.252 e. The quantitative estimate of drug-likeness (QED) is 0.929.